The van der Waals surface area contributed by atoms with Gasteiger partial charge in [0.2, 0.25) is 5.28 Å². The van der Waals surface area contributed by atoms with E-state index in [0.29, 0.717) is 18.4 Å². The summed E-state index contributed by atoms with van der Waals surface area (Å²) in [6.07, 6.45) is 2.23. The van der Waals surface area contributed by atoms with Crippen molar-refractivity contribution in [2.45, 2.75) is 26.3 Å². The van der Waals surface area contributed by atoms with Gasteiger partial charge in [0.1, 0.15) is 0 Å². The monoisotopic (exact) mass is 279 g/mol. The van der Waals surface area contributed by atoms with E-state index in [-0.39, 0.29) is 0 Å². The number of aromatic nitrogens is 3. The van der Waals surface area contributed by atoms with Crippen molar-refractivity contribution in [1.82, 2.24) is 14.8 Å². The molecule has 102 valence electrons. The van der Waals surface area contributed by atoms with Crippen molar-refractivity contribution in [3.63, 3.8) is 0 Å². The van der Waals surface area contributed by atoms with E-state index in [9.17, 15) is 0 Å². The summed E-state index contributed by atoms with van der Waals surface area (Å²) in [7, 11) is 0. The SMILES string of the molecule is CCCCOCCn1c(Cl)nnc1-c1ccccc1. The van der Waals surface area contributed by atoms with Crippen LogP contribution in [0.4, 0.5) is 0 Å². The van der Waals surface area contributed by atoms with Crippen LogP contribution in [0.15, 0.2) is 30.3 Å². The Balaban J connectivity index is 2.02. The molecule has 0 amide bonds. The smallest absolute Gasteiger partial charge is 0.225 e. The lowest BCUT2D eigenvalue weighted by molar-refractivity contribution is 0.124. The molecule has 19 heavy (non-hydrogen) atoms. The zero-order valence-corrected chi connectivity index (χ0v) is 11.8. The standard InChI is InChI=1S/C14H18ClN3O/c1-2-3-10-19-11-9-18-13(16-17-14(18)15)12-7-5-4-6-8-12/h4-8H,2-3,9-11H2,1H3. The normalized spacial score (nSPS) is 10.8. The fraction of sp³-hybridized carbons (Fsp3) is 0.429. The Hall–Kier alpha value is -1.39. The van der Waals surface area contributed by atoms with Gasteiger partial charge in [-0.3, -0.25) is 4.57 Å². The Morgan fingerprint density at radius 2 is 1.95 bits per heavy atom. The minimum absolute atomic E-state index is 0.401. The van der Waals surface area contributed by atoms with Crippen molar-refractivity contribution in [2.75, 3.05) is 13.2 Å². The van der Waals surface area contributed by atoms with Crippen LogP contribution in [-0.4, -0.2) is 28.0 Å². The molecule has 0 saturated heterocycles. The summed E-state index contributed by atoms with van der Waals surface area (Å²) in [5.74, 6) is 0.782. The number of hydrogen-bond donors (Lipinski definition) is 0. The van der Waals surface area contributed by atoms with E-state index in [1.54, 1.807) is 0 Å². The van der Waals surface area contributed by atoms with Crippen LogP contribution in [0.5, 0.6) is 0 Å². The number of hydrogen-bond acceptors (Lipinski definition) is 3. The maximum absolute atomic E-state index is 6.07. The summed E-state index contributed by atoms with van der Waals surface area (Å²) >= 11 is 6.07. The summed E-state index contributed by atoms with van der Waals surface area (Å²) in [6.45, 7) is 4.22. The van der Waals surface area contributed by atoms with Gasteiger partial charge in [-0.1, -0.05) is 43.7 Å². The molecule has 4 nitrogen and oxygen atoms in total. The van der Waals surface area contributed by atoms with Crippen LogP contribution in [0.1, 0.15) is 19.8 Å². The minimum Gasteiger partial charge on any atom is -0.380 e. The zero-order chi connectivity index (χ0) is 13.5. The predicted octanol–water partition coefficient (Wildman–Crippen LogP) is 3.42. The Kier molecular flexibility index (Phi) is 5.36. The van der Waals surface area contributed by atoms with Crippen molar-refractivity contribution in [3.8, 4) is 11.4 Å². The first-order valence-electron chi connectivity index (χ1n) is 6.54. The largest absolute Gasteiger partial charge is 0.380 e. The molecular formula is C14H18ClN3O. The average molecular weight is 280 g/mol. The van der Waals surface area contributed by atoms with E-state index in [4.69, 9.17) is 16.3 Å². The van der Waals surface area contributed by atoms with Gasteiger partial charge in [0.15, 0.2) is 5.82 Å². The molecule has 0 unspecified atom stereocenters. The number of benzene rings is 1. The highest BCUT2D eigenvalue weighted by Gasteiger charge is 2.11. The first-order chi connectivity index (χ1) is 9.33. The van der Waals surface area contributed by atoms with Crippen LogP contribution in [0, 0.1) is 0 Å². The lowest BCUT2D eigenvalue weighted by atomic mass is 10.2. The van der Waals surface area contributed by atoms with E-state index >= 15 is 0 Å². The van der Waals surface area contributed by atoms with E-state index < -0.39 is 0 Å². The van der Waals surface area contributed by atoms with Crippen LogP contribution in [-0.2, 0) is 11.3 Å². The highest BCUT2D eigenvalue weighted by Crippen LogP contribution is 2.20. The van der Waals surface area contributed by atoms with Gasteiger partial charge in [-0.15, -0.1) is 10.2 Å². The molecule has 0 spiro atoms. The maximum atomic E-state index is 6.07. The highest BCUT2D eigenvalue weighted by molar-refractivity contribution is 6.28. The number of halogens is 1. The van der Waals surface area contributed by atoms with Crippen molar-refractivity contribution >= 4 is 11.6 Å². The fourth-order valence-electron chi connectivity index (χ4n) is 1.79. The molecule has 0 atom stereocenters. The zero-order valence-electron chi connectivity index (χ0n) is 11.1. The lowest BCUT2D eigenvalue weighted by Gasteiger charge is -2.08. The van der Waals surface area contributed by atoms with E-state index in [1.165, 1.54) is 0 Å². The average Bonchev–Trinajstić information content (AvgIpc) is 2.81. The van der Waals surface area contributed by atoms with E-state index in [0.717, 1.165) is 30.8 Å². The van der Waals surface area contributed by atoms with Gasteiger partial charge in [0, 0.05) is 12.2 Å². The molecule has 1 heterocycles. The molecule has 0 bridgehead atoms. The Bertz CT molecular complexity index is 499. The molecule has 0 aliphatic rings. The summed E-state index contributed by atoms with van der Waals surface area (Å²) < 4.78 is 7.44. The molecule has 2 aromatic rings. The predicted molar refractivity (Wildman–Crippen MR) is 76.2 cm³/mol. The minimum atomic E-state index is 0.401. The van der Waals surface area contributed by atoms with Gasteiger partial charge in [-0.25, -0.2) is 0 Å². The molecule has 0 aliphatic carbocycles. The molecule has 5 heteroatoms. The molecule has 0 aliphatic heterocycles. The number of nitrogens with zero attached hydrogens (tertiary/aromatic N) is 3. The summed E-state index contributed by atoms with van der Waals surface area (Å²) in [5, 5.41) is 8.46. The topological polar surface area (TPSA) is 39.9 Å². The third-order valence-electron chi connectivity index (χ3n) is 2.84. The van der Waals surface area contributed by atoms with Crippen LogP contribution < -0.4 is 0 Å². The molecule has 1 aromatic carbocycles. The van der Waals surface area contributed by atoms with Crippen molar-refractivity contribution in [2.24, 2.45) is 0 Å². The summed E-state index contributed by atoms with van der Waals surface area (Å²) in [4.78, 5) is 0. The van der Waals surface area contributed by atoms with Crippen LogP contribution in [0.2, 0.25) is 5.28 Å². The fourth-order valence-corrected chi connectivity index (χ4v) is 1.99. The van der Waals surface area contributed by atoms with Crippen LogP contribution in [0.25, 0.3) is 11.4 Å². The van der Waals surface area contributed by atoms with Gasteiger partial charge >= 0.3 is 0 Å². The third kappa shape index (κ3) is 3.78. The van der Waals surface area contributed by atoms with Crippen LogP contribution >= 0.6 is 11.6 Å². The van der Waals surface area contributed by atoms with Gasteiger partial charge in [0.05, 0.1) is 13.2 Å². The molecular weight excluding hydrogens is 262 g/mol. The number of unbranched alkanes of at least 4 members (excludes halogenated alkanes) is 1. The summed E-state index contributed by atoms with van der Waals surface area (Å²) in [6, 6.07) is 9.91. The third-order valence-corrected chi connectivity index (χ3v) is 3.12. The second-order valence-electron chi connectivity index (χ2n) is 4.28. The van der Waals surface area contributed by atoms with E-state index in [2.05, 4.69) is 17.1 Å². The molecule has 0 fully saturated rings. The first kappa shape index (κ1) is 14.0. The van der Waals surface area contributed by atoms with Gasteiger partial charge < -0.3 is 4.74 Å². The van der Waals surface area contributed by atoms with Gasteiger partial charge in [0.25, 0.3) is 0 Å². The maximum Gasteiger partial charge on any atom is 0.225 e. The lowest BCUT2D eigenvalue weighted by Crippen LogP contribution is -2.08. The van der Waals surface area contributed by atoms with Crippen LogP contribution in [0.3, 0.4) is 0 Å². The molecule has 1 aromatic heterocycles. The second-order valence-corrected chi connectivity index (χ2v) is 4.61. The second kappa shape index (κ2) is 7.26. The highest BCUT2D eigenvalue weighted by atomic mass is 35.5. The quantitative estimate of drug-likeness (QED) is 0.729. The molecule has 0 radical (unpaired) electrons. The summed E-state index contributed by atoms with van der Waals surface area (Å²) in [5.41, 5.74) is 1.01. The molecule has 0 N–H and O–H groups in total. The van der Waals surface area contributed by atoms with Crippen molar-refractivity contribution in [3.05, 3.63) is 35.6 Å². The number of ether oxygens (including phenoxy) is 1. The van der Waals surface area contributed by atoms with Crippen molar-refractivity contribution in [1.29, 1.82) is 0 Å². The van der Waals surface area contributed by atoms with Crippen molar-refractivity contribution < 1.29 is 4.74 Å². The van der Waals surface area contributed by atoms with E-state index in [1.807, 2.05) is 34.9 Å². The Labute approximate surface area is 118 Å². The number of rotatable bonds is 7. The Morgan fingerprint density at radius 3 is 2.68 bits per heavy atom. The van der Waals surface area contributed by atoms with Gasteiger partial charge in [-0.2, -0.15) is 0 Å². The van der Waals surface area contributed by atoms with Gasteiger partial charge in [-0.05, 0) is 18.0 Å². The first-order valence-corrected chi connectivity index (χ1v) is 6.92. The Morgan fingerprint density at radius 1 is 1.16 bits per heavy atom. The molecule has 0 saturated carbocycles. The molecule has 2 rings (SSSR count).